The molecule has 0 spiro atoms. The lowest BCUT2D eigenvalue weighted by Gasteiger charge is -2.22. The molecule has 2 fully saturated rings. The number of hydrogen-bond donors (Lipinski definition) is 0. The Morgan fingerprint density at radius 3 is 2.76 bits per heavy atom. The summed E-state index contributed by atoms with van der Waals surface area (Å²) in [5.74, 6) is 0. The number of unbranched alkanes of at least 4 members (excludes halogenated alkanes) is 4. The van der Waals surface area contributed by atoms with Gasteiger partial charge in [0, 0.05) is 0 Å². The molecule has 0 aromatic carbocycles. The number of allylic oxidation sites excluding steroid dienone is 1. The lowest BCUT2D eigenvalue weighted by molar-refractivity contribution is -0.0481. The minimum Gasteiger partial charge on any atom is -0.370 e. The largest absolute Gasteiger partial charge is 0.370 e. The lowest BCUT2D eigenvalue weighted by Crippen LogP contribution is -2.31. The normalized spacial score (nSPS) is 36.1. The van der Waals surface area contributed by atoms with Gasteiger partial charge in [-0.2, -0.15) is 0 Å². The summed E-state index contributed by atoms with van der Waals surface area (Å²) in [6.07, 6.45) is 13.0. The monoisotopic (exact) mass is 238 g/mol. The van der Waals surface area contributed by atoms with Crippen LogP contribution in [0.5, 0.6) is 0 Å². The molecule has 0 aromatic heterocycles. The highest BCUT2D eigenvalue weighted by Gasteiger charge is 2.48. The Kier molecular flexibility index (Phi) is 4.63. The van der Waals surface area contributed by atoms with Gasteiger partial charge in [-0.15, -0.1) is 6.58 Å². The third-order valence-corrected chi connectivity index (χ3v) is 4.10. The van der Waals surface area contributed by atoms with Gasteiger partial charge in [-0.1, -0.05) is 25.3 Å². The average Bonchev–Trinajstić information content (AvgIpc) is 3.10. The van der Waals surface area contributed by atoms with E-state index in [1.165, 1.54) is 44.9 Å². The van der Waals surface area contributed by atoms with Gasteiger partial charge in [0.25, 0.3) is 0 Å². The van der Waals surface area contributed by atoms with E-state index in [9.17, 15) is 0 Å². The lowest BCUT2D eigenvalue weighted by atomic mass is 9.98. The van der Waals surface area contributed by atoms with Crippen molar-refractivity contribution in [2.75, 3.05) is 6.61 Å². The molecule has 2 heterocycles. The molecular formula is C15H26O2. The summed E-state index contributed by atoms with van der Waals surface area (Å²) >= 11 is 0. The first kappa shape index (κ1) is 13.1. The molecular weight excluding hydrogens is 212 g/mol. The standard InChI is InChI=1S/C15H26O2/c1-3-4-5-6-7-8-9-13-10-11-15(2,17-13)14-12-16-14/h3,13-14H,1,4-12H2,2H3/t13-,14-,15+/m1/s1. The van der Waals surface area contributed by atoms with Crippen LogP contribution < -0.4 is 0 Å². The summed E-state index contributed by atoms with van der Waals surface area (Å²) in [6, 6.07) is 0. The van der Waals surface area contributed by atoms with E-state index in [0.29, 0.717) is 12.2 Å². The molecule has 2 nitrogen and oxygen atoms in total. The van der Waals surface area contributed by atoms with E-state index >= 15 is 0 Å². The summed E-state index contributed by atoms with van der Waals surface area (Å²) in [6.45, 7) is 6.87. The predicted molar refractivity (Wildman–Crippen MR) is 70.2 cm³/mol. The number of ether oxygens (including phenoxy) is 2. The van der Waals surface area contributed by atoms with E-state index in [1.54, 1.807) is 0 Å². The van der Waals surface area contributed by atoms with Crippen LogP contribution in [0.1, 0.15) is 58.3 Å². The van der Waals surface area contributed by atoms with Gasteiger partial charge in [0.2, 0.25) is 0 Å². The van der Waals surface area contributed by atoms with Crippen molar-refractivity contribution in [3.05, 3.63) is 12.7 Å². The van der Waals surface area contributed by atoms with Gasteiger partial charge < -0.3 is 9.47 Å². The molecule has 2 rings (SSSR count). The highest BCUT2D eigenvalue weighted by Crippen LogP contribution is 2.40. The molecule has 0 unspecified atom stereocenters. The van der Waals surface area contributed by atoms with Crippen LogP contribution in [0.15, 0.2) is 12.7 Å². The molecule has 3 atom stereocenters. The number of rotatable bonds is 8. The van der Waals surface area contributed by atoms with Crippen molar-refractivity contribution >= 4 is 0 Å². The molecule has 0 aliphatic carbocycles. The zero-order valence-electron chi connectivity index (χ0n) is 11.1. The van der Waals surface area contributed by atoms with Crippen molar-refractivity contribution in [3.63, 3.8) is 0 Å². The molecule has 0 radical (unpaired) electrons. The summed E-state index contributed by atoms with van der Waals surface area (Å²) in [7, 11) is 0. The Morgan fingerprint density at radius 1 is 1.29 bits per heavy atom. The summed E-state index contributed by atoms with van der Waals surface area (Å²) in [5.41, 5.74) is 0.0352. The molecule has 2 heteroatoms. The van der Waals surface area contributed by atoms with E-state index < -0.39 is 0 Å². The first-order valence-electron chi connectivity index (χ1n) is 7.15. The van der Waals surface area contributed by atoms with Crippen LogP contribution in [0.4, 0.5) is 0 Å². The molecule has 0 saturated carbocycles. The van der Waals surface area contributed by atoms with Crippen LogP contribution >= 0.6 is 0 Å². The van der Waals surface area contributed by atoms with Gasteiger partial charge >= 0.3 is 0 Å². The SMILES string of the molecule is C=CCCCCCC[C@@H]1CC[C@@](C)([C@H]2CO2)O1. The maximum Gasteiger partial charge on any atom is 0.110 e. The Labute approximate surface area is 105 Å². The fourth-order valence-corrected chi connectivity index (χ4v) is 2.80. The van der Waals surface area contributed by atoms with Crippen LogP contribution in [-0.2, 0) is 9.47 Å². The quantitative estimate of drug-likeness (QED) is 0.364. The van der Waals surface area contributed by atoms with Gasteiger partial charge in [0.05, 0.1) is 18.3 Å². The van der Waals surface area contributed by atoms with Crippen LogP contribution in [0, 0.1) is 0 Å². The molecule has 0 bridgehead atoms. The first-order valence-corrected chi connectivity index (χ1v) is 7.15. The van der Waals surface area contributed by atoms with Gasteiger partial charge in [-0.05, 0) is 39.0 Å². The third-order valence-electron chi connectivity index (χ3n) is 4.10. The fourth-order valence-electron chi connectivity index (χ4n) is 2.80. The fraction of sp³-hybridized carbons (Fsp3) is 0.867. The number of hydrogen-bond acceptors (Lipinski definition) is 2. The first-order chi connectivity index (χ1) is 8.24. The maximum atomic E-state index is 6.16. The molecule has 2 saturated heterocycles. The van der Waals surface area contributed by atoms with Crippen molar-refractivity contribution < 1.29 is 9.47 Å². The van der Waals surface area contributed by atoms with Crippen molar-refractivity contribution in [2.24, 2.45) is 0 Å². The van der Waals surface area contributed by atoms with Gasteiger partial charge in [-0.3, -0.25) is 0 Å². The van der Waals surface area contributed by atoms with Crippen molar-refractivity contribution in [1.82, 2.24) is 0 Å². The second kappa shape index (κ2) is 6.01. The number of epoxide rings is 1. The second-order valence-electron chi connectivity index (χ2n) is 5.69. The molecule has 2 aliphatic rings. The minimum absolute atomic E-state index is 0.0352. The van der Waals surface area contributed by atoms with Crippen LogP contribution in [0.2, 0.25) is 0 Å². The Morgan fingerprint density at radius 2 is 2.06 bits per heavy atom. The van der Waals surface area contributed by atoms with Gasteiger partial charge in [0.1, 0.15) is 6.10 Å². The van der Waals surface area contributed by atoms with E-state index in [4.69, 9.17) is 9.47 Å². The van der Waals surface area contributed by atoms with Crippen LogP contribution in [0.25, 0.3) is 0 Å². The average molecular weight is 238 g/mol. The molecule has 98 valence electrons. The predicted octanol–water partition coefficient (Wildman–Crippen LogP) is 3.85. The van der Waals surface area contributed by atoms with Gasteiger partial charge in [0.15, 0.2) is 0 Å². The Bertz CT molecular complexity index is 247. The van der Waals surface area contributed by atoms with E-state index in [0.717, 1.165) is 13.0 Å². The summed E-state index contributed by atoms with van der Waals surface area (Å²) < 4.78 is 11.5. The zero-order valence-corrected chi connectivity index (χ0v) is 11.1. The van der Waals surface area contributed by atoms with E-state index in [-0.39, 0.29) is 5.60 Å². The zero-order chi connectivity index (χ0) is 12.1. The van der Waals surface area contributed by atoms with Crippen LogP contribution in [-0.4, -0.2) is 24.4 Å². The molecule has 0 aromatic rings. The Balaban J connectivity index is 1.54. The molecule has 0 N–H and O–H groups in total. The molecule has 17 heavy (non-hydrogen) atoms. The highest BCUT2D eigenvalue weighted by atomic mass is 16.6. The topological polar surface area (TPSA) is 21.8 Å². The van der Waals surface area contributed by atoms with E-state index in [2.05, 4.69) is 13.5 Å². The van der Waals surface area contributed by atoms with Crippen molar-refractivity contribution in [1.29, 1.82) is 0 Å². The van der Waals surface area contributed by atoms with Crippen molar-refractivity contribution in [3.8, 4) is 0 Å². The molecule has 0 amide bonds. The smallest absolute Gasteiger partial charge is 0.110 e. The Hall–Kier alpha value is -0.340. The van der Waals surface area contributed by atoms with Gasteiger partial charge in [-0.25, -0.2) is 0 Å². The second-order valence-corrected chi connectivity index (χ2v) is 5.69. The maximum absolute atomic E-state index is 6.16. The summed E-state index contributed by atoms with van der Waals surface area (Å²) in [4.78, 5) is 0. The summed E-state index contributed by atoms with van der Waals surface area (Å²) in [5, 5.41) is 0. The molecule has 2 aliphatic heterocycles. The third kappa shape index (κ3) is 3.82. The van der Waals surface area contributed by atoms with E-state index in [1.807, 2.05) is 6.08 Å². The highest BCUT2D eigenvalue weighted by molar-refractivity contribution is 4.97. The van der Waals surface area contributed by atoms with Crippen molar-refractivity contribution in [2.45, 2.75) is 76.1 Å². The van der Waals surface area contributed by atoms with Crippen LogP contribution in [0.3, 0.4) is 0 Å². The minimum atomic E-state index is 0.0352.